The molecule has 0 aliphatic heterocycles. The summed E-state index contributed by atoms with van der Waals surface area (Å²) in [5.74, 6) is -0.251. The van der Waals surface area contributed by atoms with E-state index in [0.29, 0.717) is 0 Å². The molecule has 0 amide bonds. The van der Waals surface area contributed by atoms with Gasteiger partial charge in [-0.1, -0.05) is 0 Å². The van der Waals surface area contributed by atoms with Gasteiger partial charge in [0.2, 0.25) is 5.24 Å². The summed E-state index contributed by atoms with van der Waals surface area (Å²) in [6, 6.07) is 0. The number of Topliss-reactive ketones (excluding diaryl/α,β-unsaturated/α-hetero) is 1. The molecule has 3 heteroatoms. The van der Waals surface area contributed by atoms with E-state index < -0.39 is 5.24 Å². The van der Waals surface area contributed by atoms with Gasteiger partial charge in [-0.15, -0.1) is 0 Å². The van der Waals surface area contributed by atoms with E-state index in [2.05, 4.69) is 6.92 Å². The Morgan fingerprint density at radius 1 is 1.38 bits per heavy atom. The number of hydrogen-bond donors (Lipinski definition) is 0. The molecule has 0 aliphatic rings. The second-order valence-electron chi connectivity index (χ2n) is 1.39. The Hall–Kier alpha value is -0.370. The molecule has 0 saturated heterocycles. The van der Waals surface area contributed by atoms with Crippen molar-refractivity contribution in [2.24, 2.45) is 0 Å². The smallest absolute Gasteiger partial charge is 0.222 e. The van der Waals surface area contributed by atoms with Gasteiger partial charge >= 0.3 is 0 Å². The van der Waals surface area contributed by atoms with Crippen LogP contribution in [0.2, 0.25) is 0 Å². The van der Waals surface area contributed by atoms with Crippen LogP contribution in [-0.4, -0.2) is 11.0 Å². The Labute approximate surface area is 52.8 Å². The maximum absolute atomic E-state index is 10.0. The molecular formula is C5H6ClO2. The van der Waals surface area contributed by atoms with Crippen molar-refractivity contribution in [2.45, 2.75) is 12.8 Å². The lowest BCUT2D eigenvalue weighted by atomic mass is 10.2. The van der Waals surface area contributed by atoms with Crippen molar-refractivity contribution in [1.82, 2.24) is 0 Å². The molecule has 0 aromatic heterocycles. The highest BCUT2D eigenvalue weighted by Gasteiger charge is 1.97. The van der Waals surface area contributed by atoms with Crippen LogP contribution in [0.4, 0.5) is 0 Å². The summed E-state index contributed by atoms with van der Waals surface area (Å²) in [4.78, 5) is 20.0. The minimum Gasteiger partial charge on any atom is -0.300 e. The molecule has 0 unspecified atom stereocenters. The highest BCUT2D eigenvalue weighted by Crippen LogP contribution is 1.93. The van der Waals surface area contributed by atoms with E-state index in [1.165, 1.54) is 0 Å². The van der Waals surface area contributed by atoms with Gasteiger partial charge in [0.15, 0.2) is 0 Å². The van der Waals surface area contributed by atoms with E-state index in [1.54, 1.807) is 0 Å². The van der Waals surface area contributed by atoms with Crippen LogP contribution >= 0.6 is 11.6 Å². The van der Waals surface area contributed by atoms with Crippen LogP contribution in [0.15, 0.2) is 0 Å². The van der Waals surface area contributed by atoms with E-state index in [4.69, 9.17) is 11.6 Å². The van der Waals surface area contributed by atoms with Crippen LogP contribution in [0.1, 0.15) is 12.8 Å². The third kappa shape index (κ3) is 5.63. The van der Waals surface area contributed by atoms with Gasteiger partial charge in [0, 0.05) is 19.8 Å². The van der Waals surface area contributed by atoms with E-state index in [0.717, 1.165) is 0 Å². The fourth-order valence-electron chi connectivity index (χ4n) is 0.238. The fraction of sp³-hybridized carbons (Fsp3) is 0.400. The first-order chi connectivity index (χ1) is 3.63. The minimum absolute atomic E-state index is 0.101. The second-order valence-corrected chi connectivity index (χ2v) is 1.82. The molecular weight excluding hydrogens is 128 g/mol. The first-order valence-corrected chi connectivity index (χ1v) is 2.54. The Morgan fingerprint density at radius 3 is 2.00 bits per heavy atom. The first kappa shape index (κ1) is 7.63. The van der Waals surface area contributed by atoms with Crippen LogP contribution in [0.3, 0.4) is 0 Å². The average Bonchev–Trinajstić information content (AvgIpc) is 1.61. The molecule has 0 aliphatic carbocycles. The van der Waals surface area contributed by atoms with Crippen LogP contribution < -0.4 is 0 Å². The largest absolute Gasteiger partial charge is 0.300 e. The van der Waals surface area contributed by atoms with Gasteiger partial charge in [-0.3, -0.25) is 9.59 Å². The zero-order valence-corrected chi connectivity index (χ0v) is 5.07. The van der Waals surface area contributed by atoms with Gasteiger partial charge in [0.1, 0.15) is 5.78 Å². The van der Waals surface area contributed by atoms with Gasteiger partial charge in [-0.2, -0.15) is 0 Å². The topological polar surface area (TPSA) is 34.1 Å². The Balaban J connectivity index is 3.18. The summed E-state index contributed by atoms with van der Waals surface area (Å²) in [5.41, 5.74) is 0. The van der Waals surface area contributed by atoms with Crippen molar-refractivity contribution in [3.05, 3.63) is 6.92 Å². The Kier molecular flexibility index (Phi) is 3.44. The molecule has 0 atom stereocenters. The van der Waals surface area contributed by atoms with E-state index in [1.807, 2.05) is 0 Å². The van der Waals surface area contributed by atoms with Crippen molar-refractivity contribution >= 4 is 22.6 Å². The molecule has 0 fully saturated rings. The van der Waals surface area contributed by atoms with Crippen LogP contribution in [0, 0.1) is 6.92 Å². The van der Waals surface area contributed by atoms with Crippen molar-refractivity contribution < 1.29 is 9.59 Å². The summed E-state index contributed by atoms with van der Waals surface area (Å²) in [6.07, 6.45) is 0.256. The standard InChI is InChI=1S/C5H6ClO2/c1-4(7)2-3-5(6)8/h1-3H2. The molecule has 2 nitrogen and oxygen atoms in total. The number of halogens is 1. The third-order valence-corrected chi connectivity index (χ3v) is 0.789. The van der Waals surface area contributed by atoms with Crippen LogP contribution in [0.5, 0.6) is 0 Å². The summed E-state index contributed by atoms with van der Waals surface area (Å²) in [5, 5.41) is -0.484. The average molecular weight is 134 g/mol. The van der Waals surface area contributed by atoms with E-state index in [-0.39, 0.29) is 18.6 Å². The number of carbonyl (C=O) groups is 2. The molecule has 1 radical (unpaired) electrons. The van der Waals surface area contributed by atoms with E-state index in [9.17, 15) is 9.59 Å². The van der Waals surface area contributed by atoms with Gasteiger partial charge in [0.25, 0.3) is 0 Å². The highest BCUT2D eigenvalue weighted by atomic mass is 35.5. The Morgan fingerprint density at radius 2 is 1.88 bits per heavy atom. The van der Waals surface area contributed by atoms with Gasteiger partial charge < -0.3 is 0 Å². The Bertz CT molecular complexity index is 95.0. The second kappa shape index (κ2) is 3.61. The normalized spacial score (nSPS) is 8.75. The van der Waals surface area contributed by atoms with E-state index >= 15 is 0 Å². The predicted octanol–water partition coefficient (Wildman–Crippen LogP) is 0.935. The van der Waals surface area contributed by atoms with Crippen molar-refractivity contribution in [2.75, 3.05) is 0 Å². The highest BCUT2D eigenvalue weighted by molar-refractivity contribution is 6.63. The molecule has 45 valence electrons. The lowest BCUT2D eigenvalue weighted by Crippen LogP contribution is -1.93. The maximum atomic E-state index is 10.0. The van der Waals surface area contributed by atoms with Gasteiger partial charge in [0.05, 0.1) is 0 Å². The third-order valence-electron chi connectivity index (χ3n) is 0.600. The first-order valence-electron chi connectivity index (χ1n) is 2.16. The molecule has 0 N–H and O–H groups in total. The SMILES string of the molecule is [CH2]C(=O)CCC(=O)Cl. The summed E-state index contributed by atoms with van der Waals surface area (Å²) in [7, 11) is 0. The van der Waals surface area contributed by atoms with Crippen LogP contribution in [-0.2, 0) is 9.59 Å². The molecule has 0 heterocycles. The zero-order chi connectivity index (χ0) is 6.57. The predicted molar refractivity (Wildman–Crippen MR) is 30.5 cm³/mol. The van der Waals surface area contributed by atoms with Gasteiger partial charge in [-0.25, -0.2) is 0 Å². The molecule has 0 aromatic rings. The molecule has 8 heavy (non-hydrogen) atoms. The molecule has 0 spiro atoms. The molecule has 0 saturated carbocycles. The van der Waals surface area contributed by atoms with Crippen molar-refractivity contribution in [3.8, 4) is 0 Å². The van der Waals surface area contributed by atoms with Gasteiger partial charge in [-0.05, 0) is 11.6 Å². The van der Waals surface area contributed by atoms with Crippen molar-refractivity contribution in [1.29, 1.82) is 0 Å². The fourth-order valence-corrected chi connectivity index (χ4v) is 0.332. The van der Waals surface area contributed by atoms with Crippen LogP contribution in [0.25, 0.3) is 0 Å². The number of rotatable bonds is 3. The summed E-state index contributed by atoms with van der Waals surface area (Å²) < 4.78 is 0. The molecule has 0 bridgehead atoms. The number of carbonyl (C=O) groups excluding carboxylic acids is 2. The number of ketones is 1. The molecule has 0 aromatic carbocycles. The zero-order valence-electron chi connectivity index (χ0n) is 4.32. The lowest BCUT2D eigenvalue weighted by Gasteiger charge is -1.84. The monoisotopic (exact) mass is 133 g/mol. The minimum atomic E-state index is -0.484. The quantitative estimate of drug-likeness (QED) is 0.537. The maximum Gasteiger partial charge on any atom is 0.222 e. The lowest BCUT2D eigenvalue weighted by molar-refractivity contribution is -0.118. The molecule has 0 rings (SSSR count). The summed E-state index contributed by atoms with van der Waals surface area (Å²) in [6.45, 7) is 3.06. The van der Waals surface area contributed by atoms with Crippen molar-refractivity contribution in [3.63, 3.8) is 0 Å². The summed E-state index contributed by atoms with van der Waals surface area (Å²) >= 11 is 4.90. The number of hydrogen-bond acceptors (Lipinski definition) is 2.